The van der Waals surface area contributed by atoms with Crippen molar-refractivity contribution in [3.05, 3.63) is 0 Å². The summed E-state index contributed by atoms with van der Waals surface area (Å²) < 4.78 is 92.1. The Balaban J connectivity index is 1.07. The Morgan fingerprint density at radius 3 is 1.03 bits per heavy atom. The predicted octanol–water partition coefficient (Wildman–Crippen LogP) is -14.3. The Bertz CT molecular complexity index is 2160. The molecule has 24 N–H and O–H groups in total. The molecule has 1 aliphatic carbocycles. The molecule has 41 heteroatoms. The Labute approximate surface area is 510 Å². The molecule has 6 aliphatic heterocycles. The van der Waals surface area contributed by atoms with Crippen molar-refractivity contribution in [3.63, 3.8) is 0 Å². The van der Waals surface area contributed by atoms with Crippen LogP contribution in [0.2, 0.25) is 0 Å². The zero-order valence-electron chi connectivity index (χ0n) is 47.0. The fourth-order valence-electron chi connectivity index (χ4n) is 10.9. The lowest BCUT2D eigenvalue weighted by Crippen LogP contribution is -2.69. The van der Waals surface area contributed by atoms with Crippen molar-refractivity contribution in [1.29, 1.82) is 0 Å². The molecule has 0 amide bonds. The van der Waals surface area contributed by atoms with Crippen LogP contribution in [0.25, 0.3) is 0 Å². The first kappa shape index (κ1) is 75.4. The highest BCUT2D eigenvalue weighted by Gasteiger charge is 2.60. The van der Waals surface area contributed by atoms with Gasteiger partial charge in [-0.1, -0.05) is 12.8 Å². The highest BCUT2D eigenvalue weighted by atomic mass is 32.1. The number of aliphatic hydroxyl groups excluding tert-OH is 23. The van der Waals surface area contributed by atoms with Gasteiger partial charge in [0, 0.05) is 0 Å². The second-order valence-electron chi connectivity index (χ2n) is 22.4. The molecule has 1 saturated carbocycles. The Morgan fingerprint density at radius 2 is 0.607 bits per heavy atom. The maximum Gasteiger partial charge on any atom is 0.472 e. The average molecular weight is 1350 g/mol. The second kappa shape index (κ2) is 33.3. The van der Waals surface area contributed by atoms with E-state index >= 15 is 0 Å². The van der Waals surface area contributed by atoms with Crippen LogP contribution in [-0.4, -0.2) is 395 Å². The van der Waals surface area contributed by atoms with Gasteiger partial charge in [0.2, 0.25) is 0 Å². The number of unbranched alkanes of at least 4 members (excludes halogenated alkanes) is 3. The summed E-state index contributed by atoms with van der Waals surface area (Å²) in [6.45, 7) is -6.35. The van der Waals surface area contributed by atoms with E-state index in [4.69, 9.17) is 65.9 Å². The van der Waals surface area contributed by atoms with Crippen LogP contribution in [0.1, 0.15) is 25.7 Å². The summed E-state index contributed by atoms with van der Waals surface area (Å²) >= 11 is 4.13. The minimum atomic E-state index is -5.40. The lowest BCUT2D eigenvalue weighted by molar-refractivity contribution is -0.396. The summed E-state index contributed by atoms with van der Waals surface area (Å²) in [5.41, 5.74) is 0. The van der Waals surface area contributed by atoms with Gasteiger partial charge in [0.05, 0.1) is 46.2 Å². The molecule has 0 radical (unpaired) electrons. The first-order chi connectivity index (χ1) is 42.1. The van der Waals surface area contributed by atoms with E-state index in [1.165, 1.54) is 0 Å². The number of phosphoric ester groups is 1. The zero-order chi connectivity index (χ0) is 65.7. The molecule has 0 aromatic rings. The second-order valence-corrected chi connectivity index (χ2v) is 24.2. The average Bonchev–Trinajstić information content (AvgIpc) is 1.13. The molecule has 7 rings (SSSR count). The van der Waals surface area contributed by atoms with E-state index in [2.05, 4.69) is 12.6 Å². The number of hydrogen-bond acceptors (Lipinski definition) is 39. The molecule has 7 aliphatic rings. The van der Waals surface area contributed by atoms with E-state index in [1.807, 2.05) is 0 Å². The summed E-state index contributed by atoms with van der Waals surface area (Å²) in [7, 11) is -5.40. The van der Waals surface area contributed by atoms with Gasteiger partial charge in [0.1, 0.15) is 183 Å². The van der Waals surface area contributed by atoms with Crippen molar-refractivity contribution >= 4 is 20.5 Å². The number of phosphoric acid groups is 1. The van der Waals surface area contributed by atoms with E-state index in [1.54, 1.807) is 0 Å². The van der Waals surface area contributed by atoms with Crippen LogP contribution in [0.15, 0.2) is 0 Å². The van der Waals surface area contributed by atoms with Gasteiger partial charge in [-0.15, -0.1) is 0 Å². The standard InChI is InChI=1S/C48H85O39PS/c49-7-13-19(53)25(59)35(69)44(77-13)83-38-32(66)29(63)33(67)39(42(38)87-88(72,73)76-5-3-1-2-4-6-89)84-46-37(71)28(62)24(58)18(82-46)11-74-43-34(68)27(61)23(57)17(81-43)12-75-47-40(30(64)21(55)15(9-51)79-47)86-48-41(31(65)22(56)16(10-52)80-48)85-45-36(70)26(60)20(54)14(8-50)78-45/h13-71,89H,1-12H2,(H,72,73)/t13?,14?,15?,16?,17?,18?,19-,20-,21-,22-,23-,24-,25?,26?,27?,28?,29-,30?,31?,32-,33?,34-,35-,36-,37-,38?,39?,40-,41-,42-,43+,44-,45-,46-,47+,48-/m1/s1. The number of thiol groups is 1. The Hall–Kier alpha value is -0.940. The topological polar surface area (TPSA) is 632 Å². The summed E-state index contributed by atoms with van der Waals surface area (Å²) in [6, 6.07) is 0. The van der Waals surface area contributed by atoms with Crippen molar-refractivity contribution in [2.75, 3.05) is 52.0 Å². The predicted molar refractivity (Wildman–Crippen MR) is 279 cm³/mol. The fourth-order valence-corrected chi connectivity index (χ4v) is 12.1. The molecule has 89 heavy (non-hydrogen) atoms. The van der Waals surface area contributed by atoms with Gasteiger partial charge in [-0.25, -0.2) is 4.57 Å². The van der Waals surface area contributed by atoms with E-state index < -0.39 is 275 Å². The fraction of sp³-hybridized carbons (Fsp3) is 1.00. The van der Waals surface area contributed by atoms with Crippen molar-refractivity contribution in [1.82, 2.24) is 0 Å². The number of ether oxygens (including phenoxy) is 12. The van der Waals surface area contributed by atoms with E-state index in [-0.39, 0.29) is 6.42 Å². The lowest BCUT2D eigenvalue weighted by Gasteiger charge is -2.49. The van der Waals surface area contributed by atoms with Crippen LogP contribution in [0.5, 0.6) is 0 Å². The minimum Gasteiger partial charge on any atom is -0.394 e. The molecule has 7 fully saturated rings. The monoisotopic (exact) mass is 1350 g/mol. The molecule has 16 unspecified atom stereocenters. The van der Waals surface area contributed by atoms with Crippen LogP contribution in [0, 0.1) is 0 Å². The lowest BCUT2D eigenvalue weighted by atomic mass is 9.84. The van der Waals surface area contributed by atoms with Gasteiger partial charge >= 0.3 is 7.82 Å². The van der Waals surface area contributed by atoms with Crippen LogP contribution >= 0.6 is 20.5 Å². The highest BCUT2D eigenvalue weighted by Crippen LogP contribution is 2.49. The summed E-state index contributed by atoms with van der Waals surface area (Å²) in [4.78, 5) is 11.0. The van der Waals surface area contributed by atoms with Crippen LogP contribution in [0.4, 0.5) is 0 Å². The van der Waals surface area contributed by atoms with Crippen LogP contribution in [0.3, 0.4) is 0 Å². The van der Waals surface area contributed by atoms with Crippen molar-refractivity contribution < 1.29 is 193 Å². The third-order valence-electron chi connectivity index (χ3n) is 16.3. The minimum absolute atomic E-state index is 0.197. The molecule has 39 nitrogen and oxygen atoms in total. The third-order valence-corrected chi connectivity index (χ3v) is 17.6. The molecule has 0 aromatic carbocycles. The van der Waals surface area contributed by atoms with Gasteiger partial charge in [-0.2, -0.15) is 12.6 Å². The van der Waals surface area contributed by atoms with E-state index in [0.717, 1.165) is 0 Å². The molecular weight excluding hydrogens is 1260 g/mol. The Kier molecular flexibility index (Phi) is 28.3. The first-order valence-electron chi connectivity index (χ1n) is 28.5. The van der Waals surface area contributed by atoms with Gasteiger partial charge in [0.15, 0.2) is 37.7 Å². The van der Waals surface area contributed by atoms with Gasteiger partial charge in [0.25, 0.3) is 0 Å². The molecule has 0 aromatic heterocycles. The van der Waals surface area contributed by atoms with Gasteiger partial charge in [-0.3, -0.25) is 9.05 Å². The van der Waals surface area contributed by atoms with Gasteiger partial charge < -0.3 is 179 Å². The van der Waals surface area contributed by atoms with Crippen LogP contribution < -0.4 is 0 Å². The van der Waals surface area contributed by atoms with Crippen molar-refractivity contribution in [3.8, 4) is 0 Å². The Morgan fingerprint density at radius 1 is 0.315 bits per heavy atom. The number of aliphatic hydroxyl groups is 23. The summed E-state index contributed by atoms with van der Waals surface area (Å²) in [5, 5.41) is 247. The number of rotatable bonds is 27. The largest absolute Gasteiger partial charge is 0.472 e. The van der Waals surface area contributed by atoms with Crippen LogP contribution in [-0.2, 0) is 70.5 Å². The molecule has 37 atom stereocenters. The van der Waals surface area contributed by atoms with E-state index in [9.17, 15) is 127 Å². The quantitative estimate of drug-likeness (QED) is 0.0206. The van der Waals surface area contributed by atoms with E-state index in [0.29, 0.717) is 25.0 Å². The smallest absolute Gasteiger partial charge is 0.394 e. The SMILES string of the molecule is O=P(O)(OCCCCCCS)O[C@H]1C(O[C@H]2OC(CO[C@H]3OC(CO[C@H]4OC(CO)[C@@H](O)C(O)[C@H]4O[C@H]4OC(CO)[C@@H](O)C(O)[C@H]4O[C@H]4OC(CO)[C@@H](O)C(O)[C@H]4O)[C@@H](O)C(O)[C@H]3O)[C@@H](O)C(O)[C@H]2O)C(O)[C@H](O)[C@@H](O)C1O[C@H]1OC(CO)[C@@H](O)C(O)[C@H]1O. The first-order valence-corrected chi connectivity index (χ1v) is 30.6. The molecular formula is C48H85O39PS. The molecule has 0 bridgehead atoms. The van der Waals surface area contributed by atoms with Gasteiger partial charge in [-0.05, 0) is 18.6 Å². The zero-order valence-corrected chi connectivity index (χ0v) is 48.8. The summed E-state index contributed by atoms with van der Waals surface area (Å²) in [6.07, 6.45) is -73.2. The van der Waals surface area contributed by atoms with Crippen molar-refractivity contribution in [2.45, 2.75) is 247 Å². The normalized spacial score (nSPS) is 49.9. The number of hydrogen-bond donors (Lipinski definition) is 25. The molecule has 6 heterocycles. The molecule has 522 valence electrons. The maximum atomic E-state index is 13.6. The maximum absolute atomic E-state index is 13.6. The molecule has 6 saturated heterocycles. The summed E-state index contributed by atoms with van der Waals surface area (Å²) in [5.74, 6) is 0.553. The third kappa shape index (κ3) is 17.3. The highest BCUT2D eigenvalue weighted by molar-refractivity contribution is 7.80. The molecule has 0 spiro atoms. The van der Waals surface area contributed by atoms with Crippen molar-refractivity contribution in [2.24, 2.45) is 0 Å².